The van der Waals surface area contributed by atoms with Gasteiger partial charge in [-0.25, -0.2) is 5.43 Å². The molecule has 0 saturated carbocycles. The van der Waals surface area contributed by atoms with E-state index < -0.39 is 0 Å². The van der Waals surface area contributed by atoms with Crippen LogP contribution in [0.15, 0.2) is 5.10 Å². The molecule has 0 spiro atoms. The molecule has 0 fully saturated rings. The quantitative estimate of drug-likeness (QED) is 0.780. The summed E-state index contributed by atoms with van der Waals surface area (Å²) in [5.41, 5.74) is 2.77. The molecule has 0 aromatic heterocycles. The molecule has 0 aliphatic carbocycles. The summed E-state index contributed by atoms with van der Waals surface area (Å²) in [5, 5.41) is 3.79. The van der Waals surface area contributed by atoms with Crippen LogP contribution in [-0.2, 0) is 9.59 Å². The zero-order chi connectivity index (χ0) is 12.1. The Hall–Kier alpha value is -1.04. The van der Waals surface area contributed by atoms with E-state index in [9.17, 15) is 9.59 Å². The zero-order valence-electron chi connectivity index (χ0n) is 9.82. The minimum absolute atomic E-state index is 0.0958. The minimum Gasteiger partial charge on any atom is -0.337 e. The van der Waals surface area contributed by atoms with Gasteiger partial charge in [0, 0.05) is 31.7 Å². The second-order valence-electron chi connectivity index (χ2n) is 3.81. The van der Waals surface area contributed by atoms with Gasteiger partial charge in [0.25, 0.3) is 5.91 Å². The molecule has 0 aromatic carbocycles. The van der Waals surface area contributed by atoms with Gasteiger partial charge < -0.3 is 4.90 Å². The number of carbonyl (C=O) groups excluding carboxylic acids is 2. The van der Waals surface area contributed by atoms with Crippen LogP contribution in [0.1, 0.15) is 19.8 Å². The molecule has 5 nitrogen and oxygen atoms in total. The number of hydrogen-bond donors (Lipinski definition) is 1. The molecule has 90 valence electrons. The van der Waals surface area contributed by atoms with Crippen molar-refractivity contribution in [2.45, 2.75) is 25.8 Å². The van der Waals surface area contributed by atoms with Gasteiger partial charge in [0.15, 0.2) is 0 Å². The summed E-state index contributed by atoms with van der Waals surface area (Å²) in [5.74, 6) is 0.667. The van der Waals surface area contributed by atoms with Crippen LogP contribution in [0, 0.1) is 0 Å². The van der Waals surface area contributed by atoms with Gasteiger partial charge in [-0.2, -0.15) is 16.9 Å². The maximum Gasteiger partial charge on any atom is 0.270 e. The Morgan fingerprint density at radius 2 is 2.31 bits per heavy atom. The Morgan fingerprint density at radius 1 is 1.62 bits per heavy atom. The van der Waals surface area contributed by atoms with Crippen LogP contribution >= 0.6 is 11.8 Å². The van der Waals surface area contributed by atoms with Crippen LogP contribution in [-0.4, -0.2) is 47.5 Å². The standard InChI is InChI=1S/C10H17N3O2S/c1-7(6-16-3)13(2)10(15)8-4-5-9(14)12-11-8/h7H,4-6H2,1-3H3,(H,12,14). The molecule has 1 rings (SSSR count). The lowest BCUT2D eigenvalue weighted by Gasteiger charge is -2.25. The summed E-state index contributed by atoms with van der Waals surface area (Å²) < 4.78 is 0. The van der Waals surface area contributed by atoms with Gasteiger partial charge in [0.2, 0.25) is 5.91 Å². The highest BCUT2D eigenvalue weighted by molar-refractivity contribution is 7.98. The molecule has 2 amide bonds. The average molecular weight is 243 g/mol. The molecular formula is C10H17N3O2S. The first-order valence-corrected chi connectivity index (χ1v) is 6.57. The van der Waals surface area contributed by atoms with E-state index in [1.165, 1.54) is 0 Å². The zero-order valence-corrected chi connectivity index (χ0v) is 10.6. The first kappa shape index (κ1) is 13.0. The smallest absolute Gasteiger partial charge is 0.270 e. The summed E-state index contributed by atoms with van der Waals surface area (Å²) in [4.78, 5) is 24.5. The summed E-state index contributed by atoms with van der Waals surface area (Å²) in [6, 6.07) is 0.169. The molecular weight excluding hydrogens is 226 g/mol. The minimum atomic E-state index is -0.128. The van der Waals surface area contributed by atoms with Gasteiger partial charge >= 0.3 is 0 Å². The normalized spacial score (nSPS) is 17.4. The van der Waals surface area contributed by atoms with Crippen LogP contribution in [0.3, 0.4) is 0 Å². The number of amides is 2. The number of nitrogens with one attached hydrogen (secondary N) is 1. The molecule has 1 unspecified atom stereocenters. The largest absolute Gasteiger partial charge is 0.337 e. The predicted molar refractivity (Wildman–Crippen MR) is 65.4 cm³/mol. The lowest BCUT2D eigenvalue weighted by Crippen LogP contribution is -2.43. The number of carbonyl (C=O) groups is 2. The lowest BCUT2D eigenvalue weighted by molar-refractivity contribution is -0.124. The fourth-order valence-electron chi connectivity index (χ4n) is 1.39. The molecule has 16 heavy (non-hydrogen) atoms. The molecule has 0 aromatic rings. The van der Waals surface area contributed by atoms with Crippen molar-refractivity contribution in [2.75, 3.05) is 19.1 Å². The van der Waals surface area contributed by atoms with Crippen molar-refractivity contribution in [3.05, 3.63) is 0 Å². The van der Waals surface area contributed by atoms with E-state index in [0.29, 0.717) is 18.6 Å². The summed E-state index contributed by atoms with van der Waals surface area (Å²) >= 11 is 1.70. The van der Waals surface area contributed by atoms with E-state index in [1.54, 1.807) is 23.7 Å². The van der Waals surface area contributed by atoms with Crippen molar-refractivity contribution in [3.8, 4) is 0 Å². The van der Waals surface area contributed by atoms with E-state index in [4.69, 9.17) is 0 Å². The maximum atomic E-state index is 12.0. The summed E-state index contributed by atoms with van der Waals surface area (Å²) in [6.45, 7) is 2.00. The highest BCUT2D eigenvalue weighted by atomic mass is 32.2. The fraction of sp³-hybridized carbons (Fsp3) is 0.700. The lowest BCUT2D eigenvalue weighted by atomic mass is 10.1. The third-order valence-corrected chi connectivity index (χ3v) is 3.36. The van der Waals surface area contributed by atoms with Gasteiger partial charge in [-0.05, 0) is 13.2 Å². The van der Waals surface area contributed by atoms with Crippen LogP contribution in [0.25, 0.3) is 0 Å². The molecule has 0 radical (unpaired) electrons. The second-order valence-corrected chi connectivity index (χ2v) is 4.72. The number of thioether (sulfide) groups is 1. The molecule has 1 atom stereocenters. The molecule has 1 aliphatic rings. The fourth-order valence-corrected chi connectivity index (χ4v) is 2.09. The van der Waals surface area contributed by atoms with E-state index in [0.717, 1.165) is 5.75 Å². The van der Waals surface area contributed by atoms with Crippen molar-refractivity contribution in [1.29, 1.82) is 0 Å². The van der Waals surface area contributed by atoms with E-state index in [2.05, 4.69) is 10.5 Å². The Labute approximate surface area is 99.6 Å². The van der Waals surface area contributed by atoms with Gasteiger partial charge in [-0.15, -0.1) is 0 Å². The number of rotatable bonds is 4. The number of hydrazone groups is 1. The third kappa shape index (κ3) is 3.23. The Kier molecular flexibility index (Phi) is 4.79. The Morgan fingerprint density at radius 3 is 2.81 bits per heavy atom. The molecule has 1 N–H and O–H groups in total. The first-order chi connectivity index (χ1) is 7.56. The van der Waals surface area contributed by atoms with Crippen LogP contribution in [0.5, 0.6) is 0 Å². The molecule has 0 saturated heterocycles. The van der Waals surface area contributed by atoms with E-state index in [-0.39, 0.29) is 17.9 Å². The van der Waals surface area contributed by atoms with Gasteiger partial charge in [0.05, 0.1) is 0 Å². The van der Waals surface area contributed by atoms with Crippen molar-refractivity contribution < 1.29 is 9.59 Å². The monoisotopic (exact) mass is 243 g/mol. The molecule has 6 heteroatoms. The van der Waals surface area contributed by atoms with Crippen LogP contribution in [0.4, 0.5) is 0 Å². The van der Waals surface area contributed by atoms with Gasteiger partial charge in [0.1, 0.15) is 5.71 Å². The highest BCUT2D eigenvalue weighted by Gasteiger charge is 2.23. The maximum absolute atomic E-state index is 12.0. The van der Waals surface area contributed by atoms with E-state index in [1.807, 2.05) is 13.2 Å². The van der Waals surface area contributed by atoms with Crippen molar-refractivity contribution >= 4 is 29.3 Å². The first-order valence-electron chi connectivity index (χ1n) is 5.17. The number of nitrogens with zero attached hydrogens (tertiary/aromatic N) is 2. The topological polar surface area (TPSA) is 61.8 Å². The Bertz CT molecular complexity index is 317. The third-order valence-electron chi connectivity index (χ3n) is 2.54. The van der Waals surface area contributed by atoms with Crippen LogP contribution < -0.4 is 5.43 Å². The van der Waals surface area contributed by atoms with Crippen molar-refractivity contribution in [3.63, 3.8) is 0 Å². The number of hydrogen-bond acceptors (Lipinski definition) is 4. The Balaban J connectivity index is 2.60. The van der Waals surface area contributed by atoms with Gasteiger partial charge in [-0.3, -0.25) is 9.59 Å². The summed E-state index contributed by atoms with van der Waals surface area (Å²) in [6.07, 6.45) is 2.78. The van der Waals surface area contributed by atoms with Crippen LogP contribution in [0.2, 0.25) is 0 Å². The second kappa shape index (κ2) is 5.89. The van der Waals surface area contributed by atoms with Crippen molar-refractivity contribution in [1.82, 2.24) is 10.3 Å². The summed E-state index contributed by atoms with van der Waals surface area (Å²) in [7, 11) is 1.77. The molecule has 1 aliphatic heterocycles. The SMILES string of the molecule is CSCC(C)N(C)C(=O)C1=NNC(=O)CC1. The van der Waals surface area contributed by atoms with Crippen molar-refractivity contribution in [2.24, 2.45) is 5.10 Å². The molecule has 1 heterocycles. The van der Waals surface area contributed by atoms with E-state index >= 15 is 0 Å². The van der Waals surface area contributed by atoms with Gasteiger partial charge in [-0.1, -0.05) is 0 Å². The highest BCUT2D eigenvalue weighted by Crippen LogP contribution is 2.08. The molecule has 0 bridgehead atoms. The average Bonchev–Trinajstić information content (AvgIpc) is 2.28. The predicted octanol–water partition coefficient (Wildman–Crippen LogP) is 0.462.